The van der Waals surface area contributed by atoms with Gasteiger partial charge in [-0.25, -0.2) is 4.79 Å². The van der Waals surface area contributed by atoms with Gasteiger partial charge in [-0.3, -0.25) is 14.0 Å². The van der Waals surface area contributed by atoms with Crippen molar-refractivity contribution < 1.29 is 0 Å². The maximum atomic E-state index is 12.2. The standard InChI is InChI=1S/C13H17BrN4O2/c1-4-16-7-6-11(19)17(13(16)20)8-10-12(14)9(3)15-18(10)5-2/h6-7H,4-5,8H2,1-3H3. The fraction of sp³-hybridized carbons (Fsp3) is 0.462. The van der Waals surface area contributed by atoms with Crippen LogP contribution >= 0.6 is 15.9 Å². The minimum absolute atomic E-state index is 0.216. The van der Waals surface area contributed by atoms with E-state index in [0.29, 0.717) is 13.1 Å². The summed E-state index contributed by atoms with van der Waals surface area (Å²) in [6.45, 7) is 7.16. The fourth-order valence-corrected chi connectivity index (χ4v) is 2.52. The first-order valence-corrected chi connectivity index (χ1v) is 7.30. The minimum atomic E-state index is -0.298. The summed E-state index contributed by atoms with van der Waals surface area (Å²) >= 11 is 3.48. The molecule has 108 valence electrons. The molecular weight excluding hydrogens is 324 g/mol. The van der Waals surface area contributed by atoms with E-state index < -0.39 is 0 Å². The van der Waals surface area contributed by atoms with Crippen molar-refractivity contribution in [3.63, 3.8) is 0 Å². The SMILES string of the molecule is CCn1nc(C)c(Br)c1Cn1c(=O)ccn(CC)c1=O. The number of aryl methyl sites for hydroxylation is 3. The summed E-state index contributed by atoms with van der Waals surface area (Å²) in [5.41, 5.74) is 1.08. The maximum Gasteiger partial charge on any atom is 0.331 e. The molecule has 2 heterocycles. The number of hydrogen-bond donors (Lipinski definition) is 0. The molecule has 2 rings (SSSR count). The molecule has 0 aliphatic rings. The van der Waals surface area contributed by atoms with Crippen molar-refractivity contribution in [1.29, 1.82) is 0 Å². The molecule has 0 aliphatic carbocycles. The van der Waals surface area contributed by atoms with Crippen molar-refractivity contribution >= 4 is 15.9 Å². The molecule has 0 amide bonds. The van der Waals surface area contributed by atoms with Crippen LogP contribution in [0, 0.1) is 6.92 Å². The van der Waals surface area contributed by atoms with Crippen LogP contribution in [0.3, 0.4) is 0 Å². The molecule has 0 aromatic carbocycles. The second-order valence-corrected chi connectivity index (χ2v) is 5.26. The molecule has 2 aromatic heterocycles. The summed E-state index contributed by atoms with van der Waals surface area (Å²) in [4.78, 5) is 24.2. The average molecular weight is 341 g/mol. The molecule has 20 heavy (non-hydrogen) atoms. The summed E-state index contributed by atoms with van der Waals surface area (Å²) in [6, 6.07) is 1.41. The molecule has 0 saturated heterocycles. The highest BCUT2D eigenvalue weighted by Crippen LogP contribution is 2.21. The quantitative estimate of drug-likeness (QED) is 0.844. The molecule has 0 unspecified atom stereocenters. The van der Waals surface area contributed by atoms with Crippen LogP contribution in [0.1, 0.15) is 25.2 Å². The van der Waals surface area contributed by atoms with Crippen LogP contribution in [0.2, 0.25) is 0 Å². The van der Waals surface area contributed by atoms with Crippen LogP contribution in [0.4, 0.5) is 0 Å². The van der Waals surface area contributed by atoms with E-state index in [-0.39, 0.29) is 17.8 Å². The van der Waals surface area contributed by atoms with Crippen molar-refractivity contribution in [2.75, 3.05) is 0 Å². The van der Waals surface area contributed by atoms with E-state index in [0.717, 1.165) is 15.9 Å². The van der Waals surface area contributed by atoms with Crippen LogP contribution in [-0.4, -0.2) is 18.9 Å². The second-order valence-electron chi connectivity index (χ2n) is 4.47. The Morgan fingerprint density at radius 3 is 2.55 bits per heavy atom. The Hall–Kier alpha value is -1.63. The Bertz CT molecular complexity index is 742. The molecule has 0 radical (unpaired) electrons. The molecule has 0 fully saturated rings. The Morgan fingerprint density at radius 2 is 1.95 bits per heavy atom. The highest BCUT2D eigenvalue weighted by molar-refractivity contribution is 9.10. The molecule has 0 saturated carbocycles. The zero-order valence-electron chi connectivity index (χ0n) is 11.8. The van der Waals surface area contributed by atoms with Crippen LogP contribution in [0.5, 0.6) is 0 Å². The fourth-order valence-electron chi connectivity index (χ4n) is 2.11. The van der Waals surface area contributed by atoms with Crippen molar-refractivity contribution in [1.82, 2.24) is 18.9 Å². The molecule has 2 aromatic rings. The Kier molecular flexibility index (Phi) is 4.27. The summed E-state index contributed by atoms with van der Waals surface area (Å²) in [5, 5.41) is 4.37. The molecule has 0 aliphatic heterocycles. The number of aromatic nitrogens is 4. The molecule has 6 nitrogen and oxygen atoms in total. The van der Waals surface area contributed by atoms with Gasteiger partial charge in [0.05, 0.1) is 22.4 Å². The van der Waals surface area contributed by atoms with Crippen LogP contribution in [-0.2, 0) is 19.6 Å². The lowest BCUT2D eigenvalue weighted by atomic mass is 10.3. The first kappa shape index (κ1) is 14.8. The van der Waals surface area contributed by atoms with Gasteiger partial charge >= 0.3 is 5.69 Å². The normalized spacial score (nSPS) is 11.0. The smallest absolute Gasteiger partial charge is 0.301 e. The predicted octanol–water partition coefficient (Wildman–Crippen LogP) is 1.37. The lowest BCUT2D eigenvalue weighted by Crippen LogP contribution is -2.39. The van der Waals surface area contributed by atoms with Crippen molar-refractivity contribution in [2.24, 2.45) is 0 Å². The van der Waals surface area contributed by atoms with Gasteiger partial charge in [0.1, 0.15) is 0 Å². The zero-order chi connectivity index (χ0) is 14.9. The molecule has 7 heteroatoms. The van der Waals surface area contributed by atoms with Crippen LogP contribution in [0.15, 0.2) is 26.3 Å². The van der Waals surface area contributed by atoms with E-state index in [9.17, 15) is 9.59 Å². The third-order valence-electron chi connectivity index (χ3n) is 3.24. The Balaban J connectivity index is 2.56. The van der Waals surface area contributed by atoms with Gasteiger partial charge < -0.3 is 4.57 Å². The summed E-state index contributed by atoms with van der Waals surface area (Å²) in [7, 11) is 0. The van der Waals surface area contributed by atoms with E-state index in [2.05, 4.69) is 21.0 Å². The second kappa shape index (κ2) is 5.78. The third-order valence-corrected chi connectivity index (χ3v) is 4.27. The van der Waals surface area contributed by atoms with Gasteiger partial charge in [-0.15, -0.1) is 0 Å². The van der Waals surface area contributed by atoms with Gasteiger partial charge in [0.15, 0.2) is 0 Å². The van der Waals surface area contributed by atoms with Crippen LogP contribution < -0.4 is 11.2 Å². The Morgan fingerprint density at radius 1 is 1.25 bits per heavy atom. The summed E-state index contributed by atoms with van der Waals surface area (Å²) < 4.78 is 5.39. The van der Waals surface area contributed by atoms with E-state index in [1.165, 1.54) is 21.4 Å². The maximum absolute atomic E-state index is 12.2. The lowest BCUT2D eigenvalue weighted by Gasteiger charge is -2.10. The lowest BCUT2D eigenvalue weighted by molar-refractivity contribution is 0.553. The van der Waals surface area contributed by atoms with Crippen LogP contribution in [0.25, 0.3) is 0 Å². The van der Waals surface area contributed by atoms with E-state index >= 15 is 0 Å². The van der Waals surface area contributed by atoms with Crippen molar-refractivity contribution in [3.05, 3.63) is 49.0 Å². The van der Waals surface area contributed by atoms with Gasteiger partial charge in [0, 0.05) is 25.4 Å². The monoisotopic (exact) mass is 340 g/mol. The largest absolute Gasteiger partial charge is 0.331 e. The number of hydrogen-bond acceptors (Lipinski definition) is 3. The summed E-state index contributed by atoms with van der Waals surface area (Å²) in [6.07, 6.45) is 1.53. The van der Waals surface area contributed by atoms with Crippen molar-refractivity contribution in [2.45, 2.75) is 40.4 Å². The summed E-state index contributed by atoms with van der Waals surface area (Å²) in [5.74, 6) is 0. The molecule has 0 spiro atoms. The van der Waals surface area contributed by atoms with E-state index in [1.54, 1.807) is 4.68 Å². The third kappa shape index (κ3) is 2.49. The molecule has 0 N–H and O–H groups in total. The number of nitrogens with zero attached hydrogens (tertiary/aromatic N) is 4. The first-order chi connectivity index (χ1) is 9.49. The highest BCUT2D eigenvalue weighted by Gasteiger charge is 2.15. The number of halogens is 1. The first-order valence-electron chi connectivity index (χ1n) is 6.51. The molecule has 0 bridgehead atoms. The average Bonchev–Trinajstić information content (AvgIpc) is 2.70. The van der Waals surface area contributed by atoms with E-state index in [4.69, 9.17) is 0 Å². The van der Waals surface area contributed by atoms with Gasteiger partial charge in [-0.2, -0.15) is 5.10 Å². The van der Waals surface area contributed by atoms with Crippen molar-refractivity contribution in [3.8, 4) is 0 Å². The zero-order valence-corrected chi connectivity index (χ0v) is 13.3. The van der Waals surface area contributed by atoms with E-state index in [1.807, 2.05) is 20.8 Å². The van der Waals surface area contributed by atoms with Gasteiger partial charge in [0.2, 0.25) is 0 Å². The minimum Gasteiger partial charge on any atom is -0.301 e. The molecule has 0 atom stereocenters. The van der Waals surface area contributed by atoms with Gasteiger partial charge in [-0.05, 0) is 36.7 Å². The highest BCUT2D eigenvalue weighted by atomic mass is 79.9. The van der Waals surface area contributed by atoms with Gasteiger partial charge in [0.25, 0.3) is 5.56 Å². The number of rotatable bonds is 4. The predicted molar refractivity (Wildman–Crippen MR) is 80.1 cm³/mol. The topological polar surface area (TPSA) is 61.8 Å². The Labute approximate surface area is 124 Å². The van der Waals surface area contributed by atoms with Gasteiger partial charge in [-0.1, -0.05) is 0 Å². The molecular formula is C13H17BrN4O2.